The van der Waals surface area contributed by atoms with Crippen LogP contribution in [0, 0.1) is 0 Å². The fourth-order valence-electron chi connectivity index (χ4n) is 7.95. The van der Waals surface area contributed by atoms with Crippen LogP contribution in [0.1, 0.15) is 57.5 Å². The van der Waals surface area contributed by atoms with Crippen LogP contribution in [-0.4, -0.2) is 80.4 Å². The average Bonchev–Trinajstić information content (AvgIpc) is 4.27. The van der Waals surface area contributed by atoms with Crippen LogP contribution in [0.4, 0.5) is 36.4 Å². The van der Waals surface area contributed by atoms with E-state index < -0.39 is 23.2 Å². The number of alkyl halides is 3. The van der Waals surface area contributed by atoms with Crippen molar-refractivity contribution in [2.75, 3.05) is 31.9 Å². The Kier molecular flexibility index (Phi) is 11.4. The maximum Gasteiger partial charge on any atom is 0.447 e. The first-order valence-electron chi connectivity index (χ1n) is 22.1. The molecule has 2 amide bonds. The standard InChI is InChI=1S/C50H44F3N11O4/c1-61(27-24-30-8-10-31(11-9-30)38-6-4-25-62-44(38)58-48(60-62)56-36-19-23-41(43(29-36)68-3)47(66)55-34-16-17-34)64-49(59-45-39(7-5-26-63(45)64)32-12-20-37(67-2)21-13-32)57-35-18-22-40(42(28-35)50(51,52)53)46(65)54-33-14-15-33/h4-13,18-23,25-29,33-34H,14-17,24H2,1-3H3,(H2-,54,55,56,60,65,66)/p+2. The Balaban J connectivity index is 0.924. The van der Waals surface area contributed by atoms with Gasteiger partial charge >= 0.3 is 17.8 Å². The van der Waals surface area contributed by atoms with Gasteiger partial charge in [-0.3, -0.25) is 14.9 Å². The van der Waals surface area contributed by atoms with E-state index in [1.54, 1.807) is 34.6 Å². The van der Waals surface area contributed by atoms with Crippen LogP contribution in [0.15, 0.2) is 122 Å². The summed E-state index contributed by atoms with van der Waals surface area (Å²) in [7, 11) is 4.95. The summed E-state index contributed by atoms with van der Waals surface area (Å²) in [6.07, 6.45) is 4.74. The summed E-state index contributed by atoms with van der Waals surface area (Å²) in [5.41, 5.74) is 5.30. The number of pyridine rings is 2. The number of benzene rings is 4. The number of ether oxygens (including phenoxy) is 2. The Hall–Kier alpha value is -8.28. The quantitative estimate of drug-likeness (QED) is 0.0591. The summed E-state index contributed by atoms with van der Waals surface area (Å²) in [6, 6.07) is 32.2. The van der Waals surface area contributed by atoms with E-state index in [0.717, 1.165) is 59.6 Å². The zero-order chi connectivity index (χ0) is 47.1. The van der Waals surface area contributed by atoms with Crippen molar-refractivity contribution in [2.24, 2.45) is 0 Å². The number of fused-ring (bicyclic) bond motifs is 2. The molecule has 68 heavy (non-hydrogen) atoms. The van der Waals surface area contributed by atoms with Gasteiger partial charge in [0.1, 0.15) is 24.8 Å². The topological polar surface area (TPSA) is 156 Å². The third-order valence-electron chi connectivity index (χ3n) is 11.8. The van der Waals surface area contributed by atoms with Crippen molar-refractivity contribution >= 4 is 52.6 Å². The Morgan fingerprint density at radius 3 is 2.10 bits per heavy atom. The molecule has 18 heteroatoms. The first kappa shape index (κ1) is 43.6. The van der Waals surface area contributed by atoms with Crippen molar-refractivity contribution in [1.82, 2.24) is 35.0 Å². The van der Waals surface area contributed by atoms with Crippen LogP contribution in [0.2, 0.25) is 0 Å². The van der Waals surface area contributed by atoms with Gasteiger partial charge in [-0.2, -0.15) is 18.2 Å². The van der Waals surface area contributed by atoms with E-state index in [4.69, 9.17) is 19.4 Å². The van der Waals surface area contributed by atoms with Crippen molar-refractivity contribution in [3.63, 3.8) is 0 Å². The molecular formula is C50H46F3N11O4+2. The van der Waals surface area contributed by atoms with Gasteiger partial charge in [-0.15, -0.1) is 9.78 Å². The van der Waals surface area contributed by atoms with Crippen molar-refractivity contribution in [3.8, 4) is 33.8 Å². The Morgan fingerprint density at radius 1 is 0.779 bits per heavy atom. The lowest BCUT2D eigenvalue weighted by molar-refractivity contribution is -0.789. The van der Waals surface area contributed by atoms with Gasteiger partial charge in [0.25, 0.3) is 11.8 Å². The number of hydrogen-bond acceptors (Lipinski definition) is 9. The maximum atomic E-state index is 14.5. The molecule has 2 aliphatic rings. The van der Waals surface area contributed by atoms with Gasteiger partial charge in [-0.05, 0) is 114 Å². The number of amides is 2. The third kappa shape index (κ3) is 9.12. The molecule has 15 nitrogen and oxygen atoms in total. The largest absolute Gasteiger partial charge is 0.497 e. The summed E-state index contributed by atoms with van der Waals surface area (Å²) in [5, 5.41) is 16.7. The summed E-state index contributed by atoms with van der Waals surface area (Å²) in [6.45, 7) is 0. The van der Waals surface area contributed by atoms with Crippen LogP contribution in [-0.2, 0) is 12.6 Å². The van der Waals surface area contributed by atoms with E-state index in [2.05, 4.69) is 26.4 Å². The molecule has 4 aromatic heterocycles. The van der Waals surface area contributed by atoms with Gasteiger partial charge < -0.3 is 25.4 Å². The fourth-order valence-corrected chi connectivity index (χ4v) is 7.95. The molecular weight excluding hydrogens is 876 g/mol. The second-order valence-corrected chi connectivity index (χ2v) is 16.7. The Labute approximate surface area is 387 Å². The molecule has 2 aliphatic carbocycles. The number of carbonyl (C=O) groups excluding carboxylic acids is 2. The summed E-state index contributed by atoms with van der Waals surface area (Å²) < 4.78 is 59.7. The number of hydrogen-bond donors (Lipinski definition) is 4. The Bertz CT molecular complexity index is 3250. The molecule has 0 aliphatic heterocycles. The first-order chi connectivity index (χ1) is 32.9. The van der Waals surface area contributed by atoms with E-state index in [1.807, 2.05) is 108 Å². The minimum atomic E-state index is -4.79. The molecule has 2 fully saturated rings. The van der Waals surface area contributed by atoms with Crippen molar-refractivity contribution in [3.05, 3.63) is 144 Å². The van der Waals surface area contributed by atoms with Gasteiger partial charge in [-0.25, -0.2) is 4.52 Å². The minimum Gasteiger partial charge on any atom is -0.497 e. The molecule has 10 rings (SSSR count). The molecule has 344 valence electrons. The predicted octanol–water partition coefficient (Wildman–Crippen LogP) is 8.03. The second-order valence-electron chi connectivity index (χ2n) is 16.7. The van der Waals surface area contributed by atoms with Crippen LogP contribution in [0.25, 0.3) is 33.5 Å². The van der Waals surface area contributed by atoms with Gasteiger partial charge in [0, 0.05) is 47.7 Å². The summed E-state index contributed by atoms with van der Waals surface area (Å²) >= 11 is 0. The summed E-state index contributed by atoms with van der Waals surface area (Å²) in [5.74, 6) is 0.801. The van der Waals surface area contributed by atoms with Crippen LogP contribution in [0.5, 0.6) is 11.5 Å². The van der Waals surface area contributed by atoms with E-state index >= 15 is 0 Å². The highest BCUT2D eigenvalue weighted by atomic mass is 19.4. The van der Waals surface area contributed by atoms with Crippen LogP contribution in [0.3, 0.4) is 0 Å². The molecule has 8 aromatic rings. The molecule has 0 bridgehead atoms. The van der Waals surface area contributed by atoms with E-state index in [0.29, 0.717) is 46.4 Å². The van der Waals surface area contributed by atoms with Crippen molar-refractivity contribution in [2.45, 2.75) is 50.4 Å². The zero-order valence-electron chi connectivity index (χ0n) is 37.2. The number of methoxy groups -OCH3 is 2. The number of anilines is 4. The molecule has 0 spiro atoms. The SMILES string of the molecule is COc1ccc(-c2ccc[n+]3c2nc(Nc2ccc(C(=O)NC4CC4)c(C(F)(F)F)c2)n3[N+](C)=CCc2ccc(-c3cccn4nc(Nc5ccc(C(=O)NC6CC6)c(OC)c5)nc34)cc2)cc1. The lowest BCUT2D eigenvalue weighted by atomic mass is 10.0. The number of rotatable bonds is 15. The monoisotopic (exact) mass is 921 g/mol. The van der Waals surface area contributed by atoms with Crippen molar-refractivity contribution < 1.29 is 41.4 Å². The van der Waals surface area contributed by atoms with Crippen LogP contribution < -0.4 is 35.3 Å². The van der Waals surface area contributed by atoms with Gasteiger partial charge in [0.05, 0.1) is 46.2 Å². The van der Waals surface area contributed by atoms with Gasteiger partial charge in [-0.1, -0.05) is 36.4 Å². The average molecular weight is 922 g/mol. The first-order valence-corrected chi connectivity index (χ1v) is 22.1. The lowest BCUT2D eigenvalue weighted by Crippen LogP contribution is -2.39. The smallest absolute Gasteiger partial charge is 0.447 e. The van der Waals surface area contributed by atoms with Gasteiger partial charge in [0.15, 0.2) is 11.8 Å². The number of nitrogens with zero attached hydrogens (tertiary/aromatic N) is 7. The maximum absolute atomic E-state index is 14.5. The lowest BCUT2D eigenvalue weighted by Gasteiger charge is -2.14. The minimum absolute atomic E-state index is 0.0989. The van der Waals surface area contributed by atoms with E-state index in [9.17, 15) is 22.8 Å². The fraction of sp³-hybridized carbons (Fsp3) is 0.220. The second kappa shape index (κ2) is 17.8. The number of aromatic nitrogens is 6. The normalized spacial score (nSPS) is 13.9. The Morgan fingerprint density at radius 2 is 1.43 bits per heavy atom. The molecule has 0 saturated heterocycles. The number of halogens is 3. The molecule has 0 unspecified atom stereocenters. The molecule has 0 atom stereocenters. The van der Waals surface area contributed by atoms with E-state index in [1.165, 1.54) is 19.2 Å². The van der Waals surface area contributed by atoms with E-state index in [-0.39, 0.29) is 29.6 Å². The zero-order valence-corrected chi connectivity index (χ0v) is 37.2. The van der Waals surface area contributed by atoms with Gasteiger partial charge in [0.2, 0.25) is 5.95 Å². The molecule has 4 aromatic carbocycles. The molecule has 2 saturated carbocycles. The highest BCUT2D eigenvalue weighted by molar-refractivity contribution is 5.98. The van der Waals surface area contributed by atoms with Crippen LogP contribution >= 0.6 is 0 Å². The molecule has 0 radical (unpaired) electrons. The highest BCUT2D eigenvalue weighted by Gasteiger charge is 2.38. The predicted molar refractivity (Wildman–Crippen MR) is 249 cm³/mol. The highest BCUT2D eigenvalue weighted by Crippen LogP contribution is 2.36. The molecule has 4 heterocycles. The number of carbonyl (C=O) groups is 2. The molecule has 4 N–H and O–H groups in total. The summed E-state index contributed by atoms with van der Waals surface area (Å²) in [4.78, 5) is 37.1. The third-order valence-corrected chi connectivity index (χ3v) is 11.8. The van der Waals surface area contributed by atoms with Crippen molar-refractivity contribution in [1.29, 1.82) is 0 Å². The number of nitrogens with one attached hydrogen (secondary N) is 4.